The lowest BCUT2D eigenvalue weighted by molar-refractivity contribution is -0.155. The first-order chi connectivity index (χ1) is 8.36. The molecule has 2 saturated carbocycles. The lowest BCUT2D eigenvalue weighted by atomic mass is 10.0. The van der Waals surface area contributed by atoms with Crippen molar-refractivity contribution in [3.63, 3.8) is 0 Å². The van der Waals surface area contributed by atoms with Gasteiger partial charge in [-0.2, -0.15) is 0 Å². The van der Waals surface area contributed by atoms with Gasteiger partial charge in [-0.15, -0.1) is 0 Å². The van der Waals surface area contributed by atoms with Crippen LogP contribution in [-0.4, -0.2) is 12.1 Å². The average molecular weight is 238 g/mol. The standard InChI is InChI=1S/C15H26O2/c16-15(13-9-5-1-2-6-10-13)17-14-11-7-3-4-8-12-14/h13-14H,1-12H2. The molecule has 0 saturated heterocycles. The Balaban J connectivity index is 1.77. The highest BCUT2D eigenvalue weighted by molar-refractivity contribution is 5.72. The van der Waals surface area contributed by atoms with Crippen molar-refractivity contribution in [2.75, 3.05) is 0 Å². The summed E-state index contributed by atoms with van der Waals surface area (Å²) >= 11 is 0. The van der Waals surface area contributed by atoms with E-state index >= 15 is 0 Å². The van der Waals surface area contributed by atoms with Gasteiger partial charge in [-0.3, -0.25) is 4.79 Å². The summed E-state index contributed by atoms with van der Waals surface area (Å²) in [7, 11) is 0. The van der Waals surface area contributed by atoms with Crippen molar-refractivity contribution in [2.45, 2.75) is 83.2 Å². The molecule has 2 fully saturated rings. The molecular weight excluding hydrogens is 212 g/mol. The minimum atomic E-state index is 0.110. The van der Waals surface area contributed by atoms with Crippen molar-refractivity contribution in [1.29, 1.82) is 0 Å². The second-order valence-corrected chi connectivity index (χ2v) is 5.74. The fourth-order valence-electron chi connectivity index (χ4n) is 3.14. The van der Waals surface area contributed by atoms with Crippen LogP contribution in [0.15, 0.2) is 0 Å². The van der Waals surface area contributed by atoms with E-state index in [4.69, 9.17) is 4.74 Å². The van der Waals surface area contributed by atoms with E-state index in [0.29, 0.717) is 0 Å². The summed E-state index contributed by atoms with van der Waals surface area (Å²) in [6.45, 7) is 0. The van der Waals surface area contributed by atoms with Gasteiger partial charge in [0, 0.05) is 0 Å². The maximum Gasteiger partial charge on any atom is 0.309 e. The second kappa shape index (κ2) is 7.03. The van der Waals surface area contributed by atoms with Gasteiger partial charge in [-0.05, 0) is 38.5 Å². The molecule has 2 aliphatic rings. The third kappa shape index (κ3) is 4.33. The first-order valence-corrected chi connectivity index (χ1v) is 7.57. The van der Waals surface area contributed by atoms with Crippen LogP contribution in [0.3, 0.4) is 0 Å². The fraction of sp³-hybridized carbons (Fsp3) is 0.933. The van der Waals surface area contributed by atoms with Gasteiger partial charge >= 0.3 is 5.97 Å². The molecule has 0 N–H and O–H groups in total. The third-order valence-corrected chi connectivity index (χ3v) is 4.27. The number of esters is 1. The molecule has 0 aromatic heterocycles. The zero-order valence-corrected chi connectivity index (χ0v) is 11.0. The molecule has 0 aliphatic heterocycles. The van der Waals surface area contributed by atoms with E-state index < -0.39 is 0 Å². The van der Waals surface area contributed by atoms with Crippen LogP contribution >= 0.6 is 0 Å². The van der Waals surface area contributed by atoms with Crippen molar-refractivity contribution in [2.24, 2.45) is 5.92 Å². The Morgan fingerprint density at radius 1 is 0.706 bits per heavy atom. The molecule has 0 aromatic rings. The number of hydrogen-bond acceptors (Lipinski definition) is 2. The topological polar surface area (TPSA) is 26.3 Å². The molecule has 0 spiro atoms. The highest BCUT2D eigenvalue weighted by Crippen LogP contribution is 2.26. The van der Waals surface area contributed by atoms with E-state index in [1.54, 1.807) is 0 Å². The Labute approximate surface area is 105 Å². The van der Waals surface area contributed by atoms with Crippen LogP contribution in [0.2, 0.25) is 0 Å². The largest absolute Gasteiger partial charge is 0.462 e. The molecule has 0 aromatic carbocycles. The summed E-state index contributed by atoms with van der Waals surface area (Å²) < 4.78 is 5.73. The van der Waals surface area contributed by atoms with Crippen molar-refractivity contribution < 1.29 is 9.53 Å². The highest BCUT2D eigenvalue weighted by atomic mass is 16.5. The van der Waals surface area contributed by atoms with Gasteiger partial charge in [0.1, 0.15) is 6.10 Å². The van der Waals surface area contributed by atoms with E-state index in [0.717, 1.165) is 25.7 Å². The van der Waals surface area contributed by atoms with Crippen molar-refractivity contribution >= 4 is 5.97 Å². The summed E-state index contributed by atoms with van der Waals surface area (Å²) in [5.41, 5.74) is 0. The number of rotatable bonds is 2. The van der Waals surface area contributed by atoms with E-state index in [1.165, 1.54) is 51.4 Å². The minimum absolute atomic E-state index is 0.110. The van der Waals surface area contributed by atoms with Crippen LogP contribution in [0.4, 0.5) is 0 Å². The van der Waals surface area contributed by atoms with Gasteiger partial charge in [0.25, 0.3) is 0 Å². The van der Waals surface area contributed by atoms with Gasteiger partial charge in [0.15, 0.2) is 0 Å². The second-order valence-electron chi connectivity index (χ2n) is 5.74. The Kier molecular flexibility index (Phi) is 5.34. The van der Waals surface area contributed by atoms with Crippen LogP contribution in [0.5, 0.6) is 0 Å². The van der Waals surface area contributed by atoms with E-state index in [-0.39, 0.29) is 18.0 Å². The summed E-state index contributed by atoms with van der Waals surface area (Å²) in [6.07, 6.45) is 14.7. The number of ether oxygens (including phenoxy) is 1. The Morgan fingerprint density at radius 2 is 1.18 bits per heavy atom. The predicted molar refractivity (Wildman–Crippen MR) is 68.8 cm³/mol. The number of hydrogen-bond donors (Lipinski definition) is 0. The molecule has 0 unspecified atom stereocenters. The van der Waals surface area contributed by atoms with E-state index in [9.17, 15) is 4.79 Å². The lowest BCUT2D eigenvalue weighted by Gasteiger charge is -2.19. The maximum atomic E-state index is 12.1. The van der Waals surface area contributed by atoms with E-state index in [2.05, 4.69) is 0 Å². The van der Waals surface area contributed by atoms with Gasteiger partial charge < -0.3 is 4.74 Å². The Morgan fingerprint density at radius 3 is 1.71 bits per heavy atom. The number of carbonyl (C=O) groups excluding carboxylic acids is 1. The Bertz CT molecular complexity index is 221. The SMILES string of the molecule is O=C(OC1CCCCCC1)C1CCCCCC1. The predicted octanol–water partition coefficient (Wildman–Crippen LogP) is 4.22. The van der Waals surface area contributed by atoms with Gasteiger partial charge in [-0.25, -0.2) is 0 Å². The van der Waals surface area contributed by atoms with Crippen molar-refractivity contribution in [3.05, 3.63) is 0 Å². The lowest BCUT2D eigenvalue weighted by Crippen LogP contribution is -2.23. The summed E-state index contributed by atoms with van der Waals surface area (Å²) in [5.74, 6) is 0.319. The first kappa shape index (κ1) is 12.9. The summed E-state index contributed by atoms with van der Waals surface area (Å²) in [4.78, 5) is 12.1. The summed E-state index contributed by atoms with van der Waals surface area (Å²) in [6, 6.07) is 0. The van der Waals surface area contributed by atoms with Crippen LogP contribution < -0.4 is 0 Å². The molecular formula is C15H26O2. The van der Waals surface area contributed by atoms with Crippen LogP contribution in [0, 0.1) is 5.92 Å². The van der Waals surface area contributed by atoms with Gasteiger partial charge in [-0.1, -0.05) is 38.5 Å². The quantitative estimate of drug-likeness (QED) is 0.532. The third-order valence-electron chi connectivity index (χ3n) is 4.27. The van der Waals surface area contributed by atoms with Gasteiger partial charge in [0.05, 0.1) is 5.92 Å². The van der Waals surface area contributed by atoms with E-state index in [1.807, 2.05) is 0 Å². The molecule has 2 nitrogen and oxygen atoms in total. The molecule has 98 valence electrons. The highest BCUT2D eigenvalue weighted by Gasteiger charge is 2.24. The summed E-state index contributed by atoms with van der Waals surface area (Å²) in [5, 5.41) is 0. The number of carbonyl (C=O) groups is 1. The van der Waals surface area contributed by atoms with Crippen LogP contribution in [0.1, 0.15) is 77.0 Å². The molecule has 0 atom stereocenters. The smallest absolute Gasteiger partial charge is 0.309 e. The van der Waals surface area contributed by atoms with Crippen LogP contribution in [0.25, 0.3) is 0 Å². The van der Waals surface area contributed by atoms with Crippen molar-refractivity contribution in [1.82, 2.24) is 0 Å². The molecule has 0 radical (unpaired) electrons. The zero-order chi connectivity index (χ0) is 11.9. The first-order valence-electron chi connectivity index (χ1n) is 7.57. The zero-order valence-electron chi connectivity index (χ0n) is 11.0. The molecule has 17 heavy (non-hydrogen) atoms. The minimum Gasteiger partial charge on any atom is -0.462 e. The van der Waals surface area contributed by atoms with Crippen LogP contribution in [-0.2, 0) is 9.53 Å². The average Bonchev–Trinajstić information content (AvgIpc) is 2.72. The normalized spacial score (nSPS) is 24.9. The molecule has 2 heteroatoms. The van der Waals surface area contributed by atoms with Crippen molar-refractivity contribution in [3.8, 4) is 0 Å². The molecule has 0 amide bonds. The maximum absolute atomic E-state index is 12.1. The van der Waals surface area contributed by atoms with Gasteiger partial charge in [0.2, 0.25) is 0 Å². The molecule has 0 bridgehead atoms. The molecule has 2 aliphatic carbocycles. The molecule has 0 heterocycles. The fourth-order valence-corrected chi connectivity index (χ4v) is 3.14. The monoisotopic (exact) mass is 238 g/mol. The molecule has 2 rings (SSSR count). The Hall–Kier alpha value is -0.530.